The molecule has 1 N–H and O–H groups in total. The quantitative estimate of drug-likeness (QED) is 0.803. The van der Waals surface area contributed by atoms with Crippen molar-refractivity contribution in [2.45, 2.75) is 39.8 Å². The minimum Gasteiger partial charge on any atom is -0.381 e. The molecule has 3 rings (SSSR count). The van der Waals surface area contributed by atoms with Crippen LogP contribution in [0, 0.1) is 5.82 Å². The van der Waals surface area contributed by atoms with Gasteiger partial charge in [0.15, 0.2) is 0 Å². The Labute approximate surface area is 144 Å². The van der Waals surface area contributed by atoms with Crippen molar-refractivity contribution in [1.29, 1.82) is 0 Å². The Morgan fingerprint density at radius 3 is 2.46 bits per heavy atom. The number of benzene rings is 2. The van der Waals surface area contributed by atoms with Crippen LogP contribution >= 0.6 is 0 Å². The van der Waals surface area contributed by atoms with Crippen molar-refractivity contribution in [3.05, 3.63) is 65.5 Å². The van der Waals surface area contributed by atoms with E-state index in [1.54, 1.807) is 12.1 Å². The molecule has 0 spiro atoms. The maximum Gasteiger partial charge on any atom is 0.123 e. The average Bonchev–Trinajstić information content (AvgIpc) is 2.54. The fourth-order valence-electron chi connectivity index (χ4n) is 3.59. The molecule has 0 radical (unpaired) electrons. The van der Waals surface area contributed by atoms with Gasteiger partial charge in [-0.25, -0.2) is 4.39 Å². The molecule has 0 aromatic heterocycles. The van der Waals surface area contributed by atoms with E-state index in [-0.39, 0.29) is 11.4 Å². The fraction of sp³-hybridized carbons (Fsp3) is 0.333. The van der Waals surface area contributed by atoms with E-state index >= 15 is 0 Å². The van der Waals surface area contributed by atoms with Crippen molar-refractivity contribution in [2.24, 2.45) is 0 Å². The van der Waals surface area contributed by atoms with E-state index in [1.807, 2.05) is 0 Å². The lowest BCUT2D eigenvalue weighted by atomic mass is 9.88. The monoisotopic (exact) mass is 324 g/mol. The summed E-state index contributed by atoms with van der Waals surface area (Å²) in [6.45, 7) is 10.6. The molecule has 0 bridgehead atoms. The summed E-state index contributed by atoms with van der Waals surface area (Å²) in [5.74, 6) is -0.211. The summed E-state index contributed by atoms with van der Waals surface area (Å²) in [5.41, 5.74) is 6.12. The summed E-state index contributed by atoms with van der Waals surface area (Å²) in [7, 11) is 0. The predicted octanol–water partition coefficient (Wildman–Crippen LogP) is 5.46. The number of allylic oxidation sites excluding steroid dienone is 1. The third-order valence-corrected chi connectivity index (χ3v) is 4.70. The van der Waals surface area contributed by atoms with Gasteiger partial charge >= 0.3 is 0 Å². The molecule has 3 heteroatoms. The van der Waals surface area contributed by atoms with Crippen molar-refractivity contribution in [1.82, 2.24) is 0 Å². The van der Waals surface area contributed by atoms with Gasteiger partial charge in [0.25, 0.3) is 0 Å². The lowest BCUT2D eigenvalue weighted by Gasteiger charge is -2.43. The molecular formula is C21H25FN2. The first-order valence-electron chi connectivity index (χ1n) is 8.50. The summed E-state index contributed by atoms with van der Waals surface area (Å²) >= 11 is 0. The van der Waals surface area contributed by atoms with E-state index in [9.17, 15) is 4.39 Å². The van der Waals surface area contributed by atoms with Crippen molar-refractivity contribution < 1.29 is 4.39 Å². The van der Waals surface area contributed by atoms with Crippen LogP contribution in [0.3, 0.4) is 0 Å². The van der Waals surface area contributed by atoms with Gasteiger partial charge in [0.2, 0.25) is 0 Å². The Bertz CT molecular complexity index is 760. The zero-order valence-electron chi connectivity index (χ0n) is 14.9. The Hall–Kier alpha value is -2.29. The largest absolute Gasteiger partial charge is 0.381 e. The third-order valence-electron chi connectivity index (χ3n) is 4.70. The first-order chi connectivity index (χ1) is 11.4. The number of hydrogen-bond acceptors (Lipinski definition) is 2. The molecule has 0 unspecified atom stereocenters. The third kappa shape index (κ3) is 3.16. The summed E-state index contributed by atoms with van der Waals surface area (Å²) in [6.07, 6.45) is 2.34. The van der Waals surface area contributed by atoms with Crippen LogP contribution in [0.5, 0.6) is 0 Å². The molecule has 0 amide bonds. The number of nitrogens with zero attached hydrogens (tertiary/aromatic N) is 1. The van der Waals surface area contributed by atoms with E-state index in [0.29, 0.717) is 0 Å². The molecule has 24 heavy (non-hydrogen) atoms. The van der Waals surface area contributed by atoms with Crippen molar-refractivity contribution >= 4 is 16.9 Å². The lowest BCUT2D eigenvalue weighted by Crippen LogP contribution is -2.44. The molecule has 2 aromatic carbocycles. The van der Waals surface area contributed by atoms with Gasteiger partial charge in [-0.15, -0.1) is 0 Å². The first kappa shape index (κ1) is 16.6. The number of fused-ring (bicyclic) bond motifs is 1. The topological polar surface area (TPSA) is 15.3 Å². The Balaban J connectivity index is 1.83. The van der Waals surface area contributed by atoms with Gasteiger partial charge in [-0.3, -0.25) is 0 Å². The van der Waals surface area contributed by atoms with Crippen molar-refractivity contribution in [2.75, 3.05) is 16.8 Å². The molecule has 1 aliphatic heterocycles. The minimum absolute atomic E-state index is 0.0414. The van der Waals surface area contributed by atoms with Crippen LogP contribution in [0.4, 0.5) is 15.8 Å². The molecule has 0 saturated heterocycles. The molecule has 0 fully saturated rings. The first-order valence-corrected chi connectivity index (χ1v) is 8.50. The number of hydrogen-bond donors (Lipinski definition) is 1. The molecular weight excluding hydrogens is 299 g/mol. The normalized spacial score (nSPS) is 15.7. The maximum absolute atomic E-state index is 13.0. The second-order valence-electron chi connectivity index (χ2n) is 6.94. The smallest absolute Gasteiger partial charge is 0.123 e. The maximum atomic E-state index is 13.0. The van der Waals surface area contributed by atoms with Crippen LogP contribution in [0.1, 0.15) is 38.8 Å². The van der Waals surface area contributed by atoms with Crippen LogP contribution in [0.15, 0.2) is 48.5 Å². The van der Waals surface area contributed by atoms with Crippen LogP contribution in [-0.2, 0) is 6.54 Å². The zero-order chi connectivity index (χ0) is 17.3. The van der Waals surface area contributed by atoms with Gasteiger partial charge in [-0.1, -0.05) is 12.1 Å². The van der Waals surface area contributed by atoms with Gasteiger partial charge < -0.3 is 10.2 Å². The van der Waals surface area contributed by atoms with Gasteiger partial charge in [-0.2, -0.15) is 0 Å². The van der Waals surface area contributed by atoms with Crippen molar-refractivity contribution in [3.8, 4) is 0 Å². The van der Waals surface area contributed by atoms with Crippen LogP contribution in [-0.4, -0.2) is 12.1 Å². The van der Waals surface area contributed by atoms with Gasteiger partial charge in [0, 0.05) is 30.0 Å². The molecule has 1 aliphatic rings. The minimum atomic E-state index is -0.211. The summed E-state index contributed by atoms with van der Waals surface area (Å²) in [6, 6.07) is 13.1. The number of nitrogens with one attached hydrogen (secondary N) is 1. The second kappa shape index (κ2) is 6.31. The van der Waals surface area contributed by atoms with Crippen LogP contribution in [0.25, 0.3) is 5.57 Å². The molecule has 2 aromatic rings. The van der Waals surface area contributed by atoms with Crippen LogP contribution < -0.4 is 10.2 Å². The Kier molecular flexibility index (Phi) is 4.35. The Morgan fingerprint density at radius 2 is 1.79 bits per heavy atom. The second-order valence-corrected chi connectivity index (χ2v) is 6.94. The highest BCUT2D eigenvalue weighted by atomic mass is 19.1. The van der Waals surface area contributed by atoms with Crippen LogP contribution in [0.2, 0.25) is 0 Å². The molecule has 0 saturated carbocycles. The SMILES string of the molecule is CCN1c2ccc(CNc3ccc(F)cc3)cc2C(C)=CC1(C)C. The highest BCUT2D eigenvalue weighted by Gasteiger charge is 2.29. The fourth-order valence-corrected chi connectivity index (χ4v) is 3.59. The van der Waals surface area contributed by atoms with E-state index < -0.39 is 0 Å². The number of halogens is 1. The average molecular weight is 324 g/mol. The van der Waals surface area contributed by atoms with E-state index in [1.165, 1.54) is 34.5 Å². The Morgan fingerprint density at radius 1 is 1.08 bits per heavy atom. The number of likely N-dealkylation sites (N-methyl/N-ethyl adjacent to an activating group) is 1. The highest BCUT2D eigenvalue weighted by molar-refractivity contribution is 5.81. The summed E-state index contributed by atoms with van der Waals surface area (Å²) in [5, 5.41) is 3.35. The van der Waals surface area contributed by atoms with E-state index in [2.05, 4.69) is 62.2 Å². The van der Waals surface area contributed by atoms with Gasteiger partial charge in [0.05, 0.1) is 5.54 Å². The molecule has 0 atom stereocenters. The van der Waals surface area contributed by atoms with Gasteiger partial charge in [-0.05, 0) is 75.2 Å². The summed E-state index contributed by atoms with van der Waals surface area (Å²) in [4.78, 5) is 2.44. The molecule has 126 valence electrons. The number of anilines is 2. The van der Waals surface area contributed by atoms with Crippen molar-refractivity contribution in [3.63, 3.8) is 0 Å². The standard InChI is InChI=1S/C21H25FN2/c1-5-24-20-11-6-16(12-19(20)15(2)13-21(24,3)4)14-23-18-9-7-17(22)8-10-18/h6-13,23H,5,14H2,1-4H3. The highest BCUT2D eigenvalue weighted by Crippen LogP contribution is 2.39. The van der Waals surface area contributed by atoms with Gasteiger partial charge in [0.1, 0.15) is 5.82 Å². The molecule has 0 aliphatic carbocycles. The summed E-state index contributed by atoms with van der Waals surface area (Å²) < 4.78 is 13.0. The predicted molar refractivity (Wildman–Crippen MR) is 101 cm³/mol. The van der Waals surface area contributed by atoms with E-state index in [4.69, 9.17) is 0 Å². The number of rotatable bonds is 4. The molecule has 1 heterocycles. The lowest BCUT2D eigenvalue weighted by molar-refractivity contribution is 0.566. The molecule has 2 nitrogen and oxygen atoms in total. The van der Waals surface area contributed by atoms with E-state index in [0.717, 1.165) is 18.8 Å². The zero-order valence-corrected chi connectivity index (χ0v) is 14.9.